The SMILES string of the molecule is NC1(CO)N=C2N=CN=C2C(=S)N1. The van der Waals surface area contributed by atoms with Crippen LogP contribution >= 0.6 is 12.2 Å². The van der Waals surface area contributed by atoms with Crippen molar-refractivity contribution in [3.05, 3.63) is 0 Å². The summed E-state index contributed by atoms with van der Waals surface area (Å²) < 4.78 is 0. The molecule has 2 rings (SSSR count). The number of rotatable bonds is 1. The molecule has 2 aliphatic rings. The molecule has 7 heteroatoms. The quantitative estimate of drug-likeness (QED) is 0.441. The molecule has 0 aromatic carbocycles. The fraction of sp³-hybridized carbons (Fsp3) is 0.333. The lowest BCUT2D eigenvalue weighted by Gasteiger charge is -2.29. The third kappa shape index (κ3) is 1.26. The van der Waals surface area contributed by atoms with Gasteiger partial charge in [0.1, 0.15) is 23.6 Å². The lowest BCUT2D eigenvalue weighted by atomic mass is 10.2. The second kappa shape index (κ2) is 2.66. The van der Waals surface area contributed by atoms with Crippen molar-refractivity contribution in [1.82, 2.24) is 5.32 Å². The Morgan fingerprint density at radius 1 is 1.69 bits per heavy atom. The molecule has 0 saturated heterocycles. The van der Waals surface area contributed by atoms with Crippen LogP contribution in [0.5, 0.6) is 0 Å². The molecule has 1 unspecified atom stereocenters. The van der Waals surface area contributed by atoms with Gasteiger partial charge in [-0.15, -0.1) is 0 Å². The van der Waals surface area contributed by atoms with Gasteiger partial charge < -0.3 is 10.4 Å². The number of aliphatic hydroxyl groups excluding tert-OH is 1. The Bertz CT molecular complexity index is 360. The van der Waals surface area contributed by atoms with E-state index in [-0.39, 0.29) is 6.61 Å². The van der Waals surface area contributed by atoms with E-state index in [9.17, 15) is 0 Å². The zero-order valence-electron chi connectivity index (χ0n) is 6.56. The average molecular weight is 197 g/mol. The number of nitrogens with zero attached hydrogens (tertiary/aromatic N) is 3. The van der Waals surface area contributed by atoms with Crippen molar-refractivity contribution in [1.29, 1.82) is 0 Å². The van der Waals surface area contributed by atoms with Gasteiger partial charge in [-0.3, -0.25) is 5.73 Å². The number of nitrogens with one attached hydrogen (secondary N) is 1. The minimum absolute atomic E-state index is 0.348. The molecular weight excluding hydrogens is 190 g/mol. The second-order valence-electron chi connectivity index (χ2n) is 2.69. The third-order valence-electron chi connectivity index (χ3n) is 1.67. The predicted molar refractivity (Wildman–Crippen MR) is 53.1 cm³/mol. The van der Waals surface area contributed by atoms with E-state index in [4.69, 9.17) is 23.1 Å². The minimum Gasteiger partial charge on any atom is -0.390 e. The Labute approximate surface area is 79.3 Å². The molecule has 0 aromatic rings. The maximum atomic E-state index is 8.94. The van der Waals surface area contributed by atoms with Gasteiger partial charge in [-0.2, -0.15) is 0 Å². The predicted octanol–water partition coefficient (Wildman–Crippen LogP) is -1.60. The van der Waals surface area contributed by atoms with Crippen molar-refractivity contribution in [2.75, 3.05) is 6.61 Å². The van der Waals surface area contributed by atoms with Gasteiger partial charge >= 0.3 is 0 Å². The van der Waals surface area contributed by atoms with Crippen molar-refractivity contribution in [3.8, 4) is 0 Å². The average Bonchev–Trinajstić information content (AvgIpc) is 2.52. The summed E-state index contributed by atoms with van der Waals surface area (Å²) in [6.45, 7) is -0.348. The van der Waals surface area contributed by atoms with Crippen molar-refractivity contribution in [2.24, 2.45) is 20.7 Å². The molecule has 0 radical (unpaired) electrons. The number of thiocarbonyl (C=S) groups is 1. The fourth-order valence-corrected chi connectivity index (χ4v) is 1.37. The van der Waals surface area contributed by atoms with Crippen molar-refractivity contribution >= 4 is 35.1 Å². The van der Waals surface area contributed by atoms with Crippen LogP contribution < -0.4 is 11.1 Å². The summed E-state index contributed by atoms with van der Waals surface area (Å²) in [5.41, 5.74) is 6.14. The highest BCUT2D eigenvalue weighted by atomic mass is 32.1. The van der Waals surface area contributed by atoms with Crippen LogP contribution in [0.2, 0.25) is 0 Å². The molecule has 2 heterocycles. The van der Waals surface area contributed by atoms with E-state index in [0.29, 0.717) is 16.5 Å². The van der Waals surface area contributed by atoms with E-state index in [1.165, 1.54) is 6.34 Å². The normalized spacial score (nSPS) is 30.8. The first kappa shape index (κ1) is 8.42. The summed E-state index contributed by atoms with van der Waals surface area (Å²) in [6, 6.07) is 0. The molecule has 0 saturated carbocycles. The van der Waals surface area contributed by atoms with Gasteiger partial charge in [0.05, 0.1) is 0 Å². The van der Waals surface area contributed by atoms with Gasteiger partial charge in [0.2, 0.25) is 5.79 Å². The molecule has 0 aliphatic carbocycles. The molecule has 0 bridgehead atoms. The number of hydrogen-bond donors (Lipinski definition) is 3. The van der Waals surface area contributed by atoms with Crippen molar-refractivity contribution in [3.63, 3.8) is 0 Å². The lowest BCUT2D eigenvalue weighted by Crippen LogP contribution is -2.62. The Morgan fingerprint density at radius 2 is 2.46 bits per heavy atom. The number of amidine groups is 1. The molecule has 13 heavy (non-hydrogen) atoms. The van der Waals surface area contributed by atoms with E-state index in [2.05, 4.69) is 20.3 Å². The van der Waals surface area contributed by atoms with Gasteiger partial charge in [-0.05, 0) is 0 Å². The van der Waals surface area contributed by atoms with Crippen LogP contribution in [0, 0.1) is 0 Å². The molecule has 0 aromatic heterocycles. The van der Waals surface area contributed by atoms with E-state index in [1.807, 2.05) is 0 Å². The molecule has 1 atom stereocenters. The first-order valence-electron chi connectivity index (χ1n) is 3.57. The molecule has 68 valence electrons. The molecule has 0 spiro atoms. The van der Waals surface area contributed by atoms with Crippen LogP contribution in [-0.4, -0.2) is 40.4 Å². The van der Waals surface area contributed by atoms with E-state index in [1.54, 1.807) is 0 Å². The summed E-state index contributed by atoms with van der Waals surface area (Å²) >= 11 is 4.96. The summed E-state index contributed by atoms with van der Waals surface area (Å²) in [4.78, 5) is 12.1. The van der Waals surface area contributed by atoms with Crippen LogP contribution in [0.4, 0.5) is 0 Å². The molecule has 0 fully saturated rings. The van der Waals surface area contributed by atoms with Crippen LogP contribution in [0.1, 0.15) is 0 Å². The van der Waals surface area contributed by atoms with E-state index >= 15 is 0 Å². The highest BCUT2D eigenvalue weighted by Crippen LogP contribution is 2.09. The minimum atomic E-state index is -1.26. The van der Waals surface area contributed by atoms with Crippen LogP contribution in [-0.2, 0) is 0 Å². The lowest BCUT2D eigenvalue weighted by molar-refractivity contribution is 0.190. The van der Waals surface area contributed by atoms with Gasteiger partial charge in [0.15, 0.2) is 5.84 Å². The Hall–Kier alpha value is -1.18. The molecule has 4 N–H and O–H groups in total. The summed E-state index contributed by atoms with van der Waals surface area (Å²) in [7, 11) is 0. The van der Waals surface area contributed by atoms with Gasteiger partial charge in [0, 0.05) is 0 Å². The van der Waals surface area contributed by atoms with Gasteiger partial charge in [0.25, 0.3) is 0 Å². The van der Waals surface area contributed by atoms with E-state index < -0.39 is 5.79 Å². The number of fused-ring (bicyclic) bond motifs is 1. The monoisotopic (exact) mass is 197 g/mol. The van der Waals surface area contributed by atoms with Crippen LogP contribution in [0.15, 0.2) is 15.0 Å². The summed E-state index contributed by atoms with van der Waals surface area (Å²) in [5, 5.41) is 11.6. The van der Waals surface area contributed by atoms with Crippen molar-refractivity contribution < 1.29 is 5.11 Å². The van der Waals surface area contributed by atoms with Crippen LogP contribution in [0.3, 0.4) is 0 Å². The Balaban J connectivity index is 2.44. The zero-order valence-corrected chi connectivity index (χ0v) is 7.38. The Morgan fingerprint density at radius 3 is 3.15 bits per heavy atom. The zero-order chi connectivity index (χ0) is 9.47. The van der Waals surface area contributed by atoms with Gasteiger partial charge in [-0.1, -0.05) is 12.2 Å². The smallest absolute Gasteiger partial charge is 0.209 e. The third-order valence-corrected chi connectivity index (χ3v) is 1.97. The number of nitrogens with two attached hydrogens (primary N) is 1. The molecule has 6 nitrogen and oxygen atoms in total. The maximum Gasteiger partial charge on any atom is 0.209 e. The van der Waals surface area contributed by atoms with Crippen molar-refractivity contribution in [2.45, 2.75) is 5.79 Å². The van der Waals surface area contributed by atoms with E-state index in [0.717, 1.165) is 0 Å². The highest BCUT2D eigenvalue weighted by molar-refractivity contribution is 7.82. The summed E-state index contributed by atoms with van der Waals surface area (Å²) in [5.74, 6) is -0.882. The van der Waals surface area contributed by atoms with Gasteiger partial charge in [-0.25, -0.2) is 15.0 Å². The maximum absolute atomic E-state index is 8.94. The second-order valence-corrected chi connectivity index (χ2v) is 3.10. The number of aliphatic imine (C=N–C) groups is 3. The fourth-order valence-electron chi connectivity index (χ4n) is 1.05. The Kier molecular flexibility index (Phi) is 1.72. The first-order chi connectivity index (χ1) is 6.14. The number of hydrogen-bond acceptors (Lipinski definition) is 6. The topological polar surface area (TPSA) is 95.4 Å². The molecule has 2 aliphatic heterocycles. The number of aliphatic hydroxyl groups is 1. The summed E-state index contributed by atoms with van der Waals surface area (Å²) in [6.07, 6.45) is 1.35. The molecular formula is C6H7N5OS. The largest absolute Gasteiger partial charge is 0.390 e. The first-order valence-corrected chi connectivity index (χ1v) is 3.98. The standard InChI is InChI=1S/C6H7N5OS/c7-6(1-12)10-4-3(5(13)11-6)8-2-9-4/h2,12H,1,7H2,(H,11,13). The molecule has 0 amide bonds. The highest BCUT2D eigenvalue weighted by Gasteiger charge is 2.34. The van der Waals surface area contributed by atoms with Crippen LogP contribution in [0.25, 0.3) is 0 Å².